The molecule has 0 fully saturated rings. The lowest BCUT2D eigenvalue weighted by Crippen LogP contribution is -2.24. The molecule has 5 rings (SSSR count). The van der Waals surface area contributed by atoms with Gasteiger partial charge in [-0.3, -0.25) is 4.79 Å². The van der Waals surface area contributed by atoms with Gasteiger partial charge in [0, 0.05) is 37.6 Å². The topological polar surface area (TPSA) is 64.7 Å². The molecule has 0 saturated heterocycles. The average Bonchev–Trinajstić information content (AvgIpc) is 3.26. The smallest absolute Gasteiger partial charge is 0.253 e. The second kappa shape index (κ2) is 5.84. The quantitative estimate of drug-likeness (QED) is 0.622. The van der Waals surface area contributed by atoms with Crippen LogP contribution in [0.2, 0.25) is 0 Å². The van der Waals surface area contributed by atoms with Gasteiger partial charge < -0.3 is 14.5 Å². The Bertz CT molecular complexity index is 1090. The lowest BCUT2D eigenvalue weighted by molar-refractivity contribution is 0.0956. The van der Waals surface area contributed by atoms with E-state index in [-0.39, 0.29) is 5.91 Å². The van der Waals surface area contributed by atoms with Crippen LogP contribution in [0.3, 0.4) is 0 Å². The van der Waals surface area contributed by atoms with Crippen molar-refractivity contribution in [3.05, 3.63) is 72.3 Å². The van der Waals surface area contributed by atoms with Gasteiger partial charge in [-0.15, -0.1) is 0 Å². The fourth-order valence-electron chi connectivity index (χ4n) is 3.53. The second-order valence-corrected chi connectivity index (χ2v) is 6.45. The summed E-state index contributed by atoms with van der Waals surface area (Å²) < 4.78 is 4.18. The number of nitrogens with zero attached hydrogens (tertiary/aromatic N) is 4. The highest BCUT2D eigenvalue weighted by molar-refractivity contribution is 6.06. The summed E-state index contributed by atoms with van der Waals surface area (Å²) >= 11 is 0. The Morgan fingerprint density at radius 2 is 2.00 bits per heavy atom. The van der Waals surface area contributed by atoms with Gasteiger partial charge >= 0.3 is 0 Å². The highest BCUT2D eigenvalue weighted by Gasteiger charge is 2.21. The molecule has 1 aliphatic rings. The number of amides is 1. The molecular weight excluding hydrogens is 326 g/mol. The van der Waals surface area contributed by atoms with Crippen LogP contribution in [-0.4, -0.2) is 31.6 Å². The maximum Gasteiger partial charge on any atom is 0.253 e. The summed E-state index contributed by atoms with van der Waals surface area (Å²) in [5, 5.41) is 2.95. The molecule has 128 valence electrons. The van der Waals surface area contributed by atoms with E-state index in [0.29, 0.717) is 18.7 Å². The first-order valence-corrected chi connectivity index (χ1v) is 8.62. The fraction of sp³-hybridized carbons (Fsp3) is 0.150. The van der Waals surface area contributed by atoms with Gasteiger partial charge in [0.25, 0.3) is 5.91 Å². The molecule has 0 atom stereocenters. The first-order chi connectivity index (χ1) is 12.8. The van der Waals surface area contributed by atoms with E-state index in [1.165, 1.54) is 5.56 Å². The predicted molar refractivity (Wildman–Crippen MR) is 98.8 cm³/mol. The molecule has 26 heavy (non-hydrogen) atoms. The Morgan fingerprint density at radius 1 is 1.12 bits per heavy atom. The lowest BCUT2D eigenvalue weighted by atomic mass is 10.1. The van der Waals surface area contributed by atoms with E-state index >= 15 is 0 Å². The van der Waals surface area contributed by atoms with Gasteiger partial charge in [0.1, 0.15) is 5.82 Å². The normalized spacial score (nSPS) is 13.6. The minimum atomic E-state index is -0.0310. The Hall–Kier alpha value is -3.41. The molecule has 1 aliphatic heterocycles. The molecule has 2 aromatic carbocycles. The molecule has 0 unspecified atom stereocenters. The number of para-hydroxylation sites is 1. The van der Waals surface area contributed by atoms with Crippen LogP contribution < -0.4 is 5.32 Å². The molecule has 2 aromatic heterocycles. The van der Waals surface area contributed by atoms with Crippen molar-refractivity contribution < 1.29 is 4.79 Å². The van der Waals surface area contributed by atoms with Crippen LogP contribution >= 0.6 is 0 Å². The van der Waals surface area contributed by atoms with Gasteiger partial charge in [-0.05, 0) is 17.7 Å². The van der Waals surface area contributed by atoms with Gasteiger partial charge in [-0.2, -0.15) is 0 Å². The number of aromatic nitrogens is 4. The summed E-state index contributed by atoms with van der Waals surface area (Å²) in [6, 6.07) is 14.1. The number of benzene rings is 2. The third-order valence-corrected chi connectivity index (χ3v) is 4.77. The highest BCUT2D eigenvalue weighted by atomic mass is 16.1. The summed E-state index contributed by atoms with van der Waals surface area (Å²) in [7, 11) is 0. The first kappa shape index (κ1) is 14.9. The molecule has 0 radical (unpaired) electrons. The molecule has 0 spiro atoms. The number of hydrogen-bond donors (Lipinski definition) is 1. The monoisotopic (exact) mass is 343 g/mol. The number of carbonyl (C=O) groups excluding carboxylic acids is 1. The third kappa shape index (κ3) is 2.38. The van der Waals surface area contributed by atoms with Gasteiger partial charge in [-0.1, -0.05) is 30.3 Å². The van der Waals surface area contributed by atoms with Crippen LogP contribution in [-0.2, 0) is 13.1 Å². The predicted octanol–water partition coefficient (Wildman–Crippen LogP) is 2.69. The van der Waals surface area contributed by atoms with E-state index in [4.69, 9.17) is 4.98 Å². The van der Waals surface area contributed by atoms with Crippen molar-refractivity contribution in [2.24, 2.45) is 0 Å². The molecule has 6 nitrogen and oxygen atoms in total. The SMILES string of the molecule is O=C1NCCn2c(-c3ccc(Cn4ccnc4)cc3)nc3cccc1c32. The van der Waals surface area contributed by atoms with Crippen LogP contribution in [0.15, 0.2) is 61.2 Å². The van der Waals surface area contributed by atoms with E-state index in [2.05, 4.69) is 39.1 Å². The Kier molecular flexibility index (Phi) is 3.35. The third-order valence-electron chi connectivity index (χ3n) is 4.77. The van der Waals surface area contributed by atoms with Crippen LogP contribution in [0.5, 0.6) is 0 Å². The molecule has 0 saturated carbocycles. The van der Waals surface area contributed by atoms with E-state index in [1.807, 2.05) is 35.3 Å². The number of imidazole rings is 2. The van der Waals surface area contributed by atoms with Crippen molar-refractivity contribution in [3.8, 4) is 11.4 Å². The van der Waals surface area contributed by atoms with Crippen molar-refractivity contribution in [2.45, 2.75) is 13.1 Å². The summed E-state index contributed by atoms with van der Waals surface area (Å²) in [4.78, 5) is 21.2. The van der Waals surface area contributed by atoms with Crippen molar-refractivity contribution in [2.75, 3.05) is 6.54 Å². The molecular formula is C20H17N5O. The molecule has 1 amide bonds. The first-order valence-electron chi connectivity index (χ1n) is 8.62. The summed E-state index contributed by atoms with van der Waals surface area (Å²) in [5.41, 5.74) is 4.72. The molecule has 3 heterocycles. The van der Waals surface area contributed by atoms with E-state index < -0.39 is 0 Å². The zero-order chi connectivity index (χ0) is 17.5. The van der Waals surface area contributed by atoms with E-state index in [0.717, 1.165) is 29.0 Å². The standard InChI is InChI=1S/C20H17N5O/c26-20-16-2-1-3-17-18(16)25(11-9-22-20)19(23-17)15-6-4-14(5-7-15)12-24-10-8-21-13-24/h1-8,10,13H,9,11-12H2,(H,22,26). The lowest BCUT2D eigenvalue weighted by Gasteiger charge is -2.08. The van der Waals surface area contributed by atoms with Crippen LogP contribution in [0.4, 0.5) is 0 Å². The van der Waals surface area contributed by atoms with Crippen molar-refractivity contribution in [1.29, 1.82) is 0 Å². The van der Waals surface area contributed by atoms with Gasteiger partial charge in [0.2, 0.25) is 0 Å². The minimum absolute atomic E-state index is 0.0310. The molecule has 1 N–H and O–H groups in total. The maximum atomic E-state index is 12.3. The van der Waals surface area contributed by atoms with Crippen molar-refractivity contribution in [1.82, 2.24) is 24.4 Å². The van der Waals surface area contributed by atoms with Gasteiger partial charge in [0.05, 0.1) is 22.9 Å². The largest absolute Gasteiger partial charge is 0.350 e. The summed E-state index contributed by atoms with van der Waals surface area (Å²) in [6.45, 7) is 2.11. The van der Waals surface area contributed by atoms with Crippen LogP contribution in [0, 0.1) is 0 Å². The van der Waals surface area contributed by atoms with Crippen molar-refractivity contribution >= 4 is 16.9 Å². The van der Waals surface area contributed by atoms with Crippen molar-refractivity contribution in [3.63, 3.8) is 0 Å². The summed E-state index contributed by atoms with van der Waals surface area (Å²) in [6.07, 6.45) is 5.55. The molecule has 6 heteroatoms. The van der Waals surface area contributed by atoms with Gasteiger partial charge in [-0.25, -0.2) is 9.97 Å². The average molecular weight is 343 g/mol. The zero-order valence-electron chi connectivity index (χ0n) is 14.1. The Labute approximate surface area is 150 Å². The molecule has 0 bridgehead atoms. The number of rotatable bonds is 3. The molecule has 0 aliphatic carbocycles. The minimum Gasteiger partial charge on any atom is -0.350 e. The molecule has 4 aromatic rings. The Balaban J connectivity index is 1.57. The fourth-order valence-corrected chi connectivity index (χ4v) is 3.53. The van der Waals surface area contributed by atoms with E-state index in [1.54, 1.807) is 6.20 Å². The highest BCUT2D eigenvalue weighted by Crippen LogP contribution is 2.28. The Morgan fingerprint density at radius 3 is 2.81 bits per heavy atom. The number of carbonyl (C=O) groups is 1. The van der Waals surface area contributed by atoms with E-state index in [9.17, 15) is 4.79 Å². The summed E-state index contributed by atoms with van der Waals surface area (Å²) in [5.74, 6) is 0.870. The van der Waals surface area contributed by atoms with Gasteiger partial charge in [0.15, 0.2) is 0 Å². The van der Waals surface area contributed by atoms with Crippen LogP contribution in [0.1, 0.15) is 15.9 Å². The van der Waals surface area contributed by atoms with Crippen LogP contribution in [0.25, 0.3) is 22.4 Å². The number of hydrogen-bond acceptors (Lipinski definition) is 3. The second-order valence-electron chi connectivity index (χ2n) is 6.45. The number of nitrogens with one attached hydrogen (secondary N) is 1. The maximum absolute atomic E-state index is 12.3. The zero-order valence-corrected chi connectivity index (χ0v) is 14.1.